The molecule has 1 amide bonds. The number of para-hydroxylation sites is 1. The number of hydrogen-bond acceptors (Lipinski definition) is 6. The molecule has 4 aromatic rings. The standard InChI is InChI=1S/C20H16FN3O2S2/c1-11-7-8-15(21)16(9-11)22-19(25)18-14(10-27-20-24-23-12(2)28-20)13-5-3-4-6-17(13)26-18/h3-9H,10H2,1-2H3,(H,22,25). The summed E-state index contributed by atoms with van der Waals surface area (Å²) in [6, 6.07) is 12.0. The normalized spacial score (nSPS) is 11.1. The van der Waals surface area contributed by atoms with Crippen LogP contribution in [0.5, 0.6) is 0 Å². The molecule has 0 saturated carbocycles. The van der Waals surface area contributed by atoms with Gasteiger partial charge < -0.3 is 9.73 Å². The number of nitrogens with zero attached hydrogens (tertiary/aromatic N) is 2. The number of thioether (sulfide) groups is 1. The molecule has 0 bridgehead atoms. The summed E-state index contributed by atoms with van der Waals surface area (Å²) in [6.07, 6.45) is 0. The maximum atomic E-state index is 14.1. The second-order valence-electron chi connectivity index (χ2n) is 6.22. The summed E-state index contributed by atoms with van der Waals surface area (Å²) in [7, 11) is 0. The lowest BCUT2D eigenvalue weighted by Gasteiger charge is -2.07. The Labute approximate surface area is 169 Å². The molecule has 5 nitrogen and oxygen atoms in total. The minimum Gasteiger partial charge on any atom is -0.451 e. The van der Waals surface area contributed by atoms with Crippen molar-refractivity contribution in [2.75, 3.05) is 5.32 Å². The van der Waals surface area contributed by atoms with Crippen LogP contribution in [0.2, 0.25) is 0 Å². The van der Waals surface area contributed by atoms with Crippen molar-refractivity contribution < 1.29 is 13.6 Å². The molecule has 0 fully saturated rings. The van der Waals surface area contributed by atoms with E-state index in [2.05, 4.69) is 15.5 Å². The summed E-state index contributed by atoms with van der Waals surface area (Å²) in [4.78, 5) is 12.9. The van der Waals surface area contributed by atoms with E-state index < -0.39 is 11.7 Å². The van der Waals surface area contributed by atoms with Crippen molar-refractivity contribution in [3.8, 4) is 0 Å². The van der Waals surface area contributed by atoms with Gasteiger partial charge in [-0.2, -0.15) is 0 Å². The highest BCUT2D eigenvalue weighted by molar-refractivity contribution is 8.00. The van der Waals surface area contributed by atoms with Crippen molar-refractivity contribution in [3.63, 3.8) is 0 Å². The van der Waals surface area contributed by atoms with Crippen molar-refractivity contribution in [2.24, 2.45) is 0 Å². The third-order valence-electron chi connectivity index (χ3n) is 4.12. The van der Waals surface area contributed by atoms with E-state index in [0.717, 1.165) is 25.9 Å². The summed E-state index contributed by atoms with van der Waals surface area (Å²) in [6.45, 7) is 3.73. The van der Waals surface area contributed by atoms with Crippen LogP contribution in [0, 0.1) is 19.7 Å². The quantitative estimate of drug-likeness (QED) is 0.432. The molecule has 4 rings (SSSR count). The van der Waals surface area contributed by atoms with Gasteiger partial charge in [-0.15, -0.1) is 10.2 Å². The van der Waals surface area contributed by atoms with Crippen LogP contribution < -0.4 is 5.32 Å². The Balaban J connectivity index is 1.67. The van der Waals surface area contributed by atoms with Crippen LogP contribution in [-0.4, -0.2) is 16.1 Å². The van der Waals surface area contributed by atoms with Crippen LogP contribution in [-0.2, 0) is 5.75 Å². The number of aromatic nitrogens is 2. The van der Waals surface area contributed by atoms with Crippen molar-refractivity contribution in [1.82, 2.24) is 10.2 Å². The average Bonchev–Trinajstić information content (AvgIpc) is 3.26. The maximum absolute atomic E-state index is 14.1. The fraction of sp³-hybridized carbons (Fsp3) is 0.150. The van der Waals surface area contributed by atoms with E-state index in [-0.39, 0.29) is 11.4 Å². The predicted molar refractivity (Wildman–Crippen MR) is 110 cm³/mol. The molecule has 2 aromatic heterocycles. The van der Waals surface area contributed by atoms with Crippen LogP contribution >= 0.6 is 23.1 Å². The van der Waals surface area contributed by atoms with Gasteiger partial charge in [-0.1, -0.05) is 47.4 Å². The number of hydrogen-bond donors (Lipinski definition) is 1. The number of halogens is 1. The lowest BCUT2D eigenvalue weighted by Crippen LogP contribution is -2.14. The molecule has 0 radical (unpaired) electrons. The van der Waals surface area contributed by atoms with Crippen LogP contribution in [0.4, 0.5) is 10.1 Å². The number of anilines is 1. The van der Waals surface area contributed by atoms with Gasteiger partial charge in [0.15, 0.2) is 10.1 Å². The number of fused-ring (bicyclic) bond motifs is 1. The summed E-state index contributed by atoms with van der Waals surface area (Å²) >= 11 is 2.98. The van der Waals surface area contributed by atoms with Gasteiger partial charge in [0, 0.05) is 16.7 Å². The zero-order chi connectivity index (χ0) is 19.7. The average molecular weight is 413 g/mol. The zero-order valence-corrected chi connectivity index (χ0v) is 16.8. The molecule has 2 aromatic carbocycles. The lowest BCUT2D eigenvalue weighted by molar-refractivity contribution is 0.0997. The van der Waals surface area contributed by atoms with Crippen molar-refractivity contribution in [3.05, 3.63) is 70.2 Å². The molecular weight excluding hydrogens is 397 g/mol. The Kier molecular flexibility index (Phi) is 5.15. The van der Waals surface area contributed by atoms with Gasteiger partial charge in [-0.3, -0.25) is 4.79 Å². The summed E-state index contributed by atoms with van der Waals surface area (Å²) in [5.41, 5.74) is 2.34. The largest absolute Gasteiger partial charge is 0.451 e. The number of carbonyl (C=O) groups is 1. The summed E-state index contributed by atoms with van der Waals surface area (Å²) in [5.74, 6) is -0.305. The fourth-order valence-electron chi connectivity index (χ4n) is 2.81. The van der Waals surface area contributed by atoms with Gasteiger partial charge in [0.1, 0.15) is 16.4 Å². The number of furan rings is 1. The Morgan fingerprint density at radius 1 is 1.21 bits per heavy atom. The number of amides is 1. The number of benzene rings is 2. The fourth-order valence-corrected chi connectivity index (χ4v) is 4.65. The third-order valence-corrected chi connectivity index (χ3v) is 6.12. The predicted octanol–water partition coefficient (Wildman–Crippen LogP) is 5.58. The number of aryl methyl sites for hydroxylation is 2. The molecule has 28 heavy (non-hydrogen) atoms. The minimum atomic E-state index is -0.490. The topological polar surface area (TPSA) is 68.0 Å². The van der Waals surface area contributed by atoms with Crippen molar-refractivity contribution in [2.45, 2.75) is 23.9 Å². The SMILES string of the molecule is Cc1ccc(F)c(NC(=O)c2oc3ccccc3c2CSc2nnc(C)s2)c1. The number of nitrogens with one attached hydrogen (secondary N) is 1. The molecule has 8 heteroatoms. The van der Waals surface area contributed by atoms with E-state index in [0.29, 0.717) is 11.3 Å². The molecule has 142 valence electrons. The lowest BCUT2D eigenvalue weighted by atomic mass is 10.1. The molecule has 0 unspecified atom stereocenters. The van der Waals surface area contributed by atoms with Gasteiger partial charge in [-0.05, 0) is 37.6 Å². The summed E-state index contributed by atoms with van der Waals surface area (Å²) in [5, 5.41) is 12.5. The van der Waals surface area contributed by atoms with Crippen LogP contribution in [0.1, 0.15) is 26.7 Å². The van der Waals surface area contributed by atoms with Gasteiger partial charge in [0.2, 0.25) is 0 Å². The first kappa shape index (κ1) is 18.6. The molecule has 0 aliphatic heterocycles. The Hall–Kier alpha value is -2.71. The third kappa shape index (κ3) is 3.79. The molecule has 0 aliphatic rings. The first-order valence-corrected chi connectivity index (χ1v) is 10.3. The second kappa shape index (κ2) is 7.73. The van der Waals surface area contributed by atoms with Gasteiger partial charge >= 0.3 is 0 Å². The van der Waals surface area contributed by atoms with Crippen LogP contribution in [0.15, 0.2) is 51.2 Å². The highest BCUT2D eigenvalue weighted by Gasteiger charge is 2.22. The number of carbonyl (C=O) groups excluding carboxylic acids is 1. The van der Waals surface area contributed by atoms with Crippen molar-refractivity contribution >= 4 is 45.7 Å². The number of rotatable bonds is 5. The van der Waals surface area contributed by atoms with Crippen molar-refractivity contribution in [1.29, 1.82) is 0 Å². The Bertz CT molecular complexity index is 1170. The van der Waals surface area contributed by atoms with E-state index in [4.69, 9.17) is 4.42 Å². The first-order chi connectivity index (χ1) is 13.5. The monoisotopic (exact) mass is 413 g/mol. The van der Waals surface area contributed by atoms with Crippen LogP contribution in [0.3, 0.4) is 0 Å². The smallest absolute Gasteiger partial charge is 0.291 e. The minimum absolute atomic E-state index is 0.129. The van der Waals surface area contributed by atoms with E-state index in [1.807, 2.05) is 38.1 Å². The first-order valence-electron chi connectivity index (χ1n) is 8.52. The zero-order valence-electron chi connectivity index (χ0n) is 15.2. The molecule has 0 saturated heterocycles. The van der Waals surface area contributed by atoms with E-state index in [9.17, 15) is 9.18 Å². The molecule has 0 aliphatic carbocycles. The molecule has 0 spiro atoms. The van der Waals surface area contributed by atoms with Crippen LogP contribution in [0.25, 0.3) is 11.0 Å². The maximum Gasteiger partial charge on any atom is 0.291 e. The van der Waals surface area contributed by atoms with Gasteiger partial charge in [0.05, 0.1) is 5.69 Å². The molecule has 2 heterocycles. The summed E-state index contributed by atoms with van der Waals surface area (Å²) < 4.78 is 20.7. The molecule has 1 N–H and O–H groups in total. The van der Waals surface area contributed by atoms with E-state index >= 15 is 0 Å². The van der Waals surface area contributed by atoms with E-state index in [1.54, 1.807) is 12.1 Å². The molecular formula is C20H16FN3O2S2. The Morgan fingerprint density at radius 2 is 2.04 bits per heavy atom. The van der Waals surface area contributed by atoms with Gasteiger partial charge in [0.25, 0.3) is 5.91 Å². The Morgan fingerprint density at radius 3 is 2.82 bits per heavy atom. The van der Waals surface area contributed by atoms with E-state index in [1.165, 1.54) is 29.2 Å². The highest BCUT2D eigenvalue weighted by atomic mass is 32.2. The highest BCUT2D eigenvalue weighted by Crippen LogP contribution is 2.33. The van der Waals surface area contributed by atoms with Gasteiger partial charge in [-0.25, -0.2) is 4.39 Å². The molecule has 0 atom stereocenters. The second-order valence-corrected chi connectivity index (χ2v) is 8.62.